The topological polar surface area (TPSA) is 82.6 Å². The molecule has 3 aromatic rings. The van der Waals surface area contributed by atoms with Crippen LogP contribution in [0.3, 0.4) is 0 Å². The number of fused-ring (bicyclic) bond motifs is 2. The third-order valence-corrected chi connectivity index (χ3v) is 7.09. The Hall–Kier alpha value is -2.35. The number of hydrogen-bond acceptors (Lipinski definition) is 4. The van der Waals surface area contributed by atoms with E-state index in [0.717, 1.165) is 22.2 Å². The zero-order chi connectivity index (χ0) is 18.5. The lowest BCUT2D eigenvalue weighted by Gasteiger charge is -2.37. The van der Waals surface area contributed by atoms with Gasteiger partial charge in [0.1, 0.15) is 5.75 Å². The molecular weight excluding hydrogens is 352 g/mol. The first-order valence-electron chi connectivity index (χ1n) is 8.32. The molecule has 26 heavy (non-hydrogen) atoms. The summed E-state index contributed by atoms with van der Waals surface area (Å²) < 4.78 is 32.2. The number of aromatic nitrogens is 1. The summed E-state index contributed by atoms with van der Waals surface area (Å²) in [4.78, 5) is 3.37. The summed E-state index contributed by atoms with van der Waals surface area (Å²) in [5, 5.41) is 11.8. The van der Waals surface area contributed by atoms with E-state index < -0.39 is 22.2 Å². The van der Waals surface area contributed by atoms with Crippen molar-refractivity contribution in [2.45, 2.75) is 23.5 Å². The average Bonchev–Trinajstić information content (AvgIpc) is 3.06. The molecule has 2 aromatic carbocycles. The summed E-state index contributed by atoms with van der Waals surface area (Å²) in [5.74, 6) is 0.747. The quantitative estimate of drug-likeness (QED) is 0.740. The van der Waals surface area contributed by atoms with Gasteiger partial charge in [0.25, 0.3) is 0 Å². The van der Waals surface area contributed by atoms with Crippen LogP contribution in [0, 0.1) is 0 Å². The molecule has 2 heterocycles. The van der Waals surface area contributed by atoms with E-state index in [-0.39, 0.29) is 4.90 Å². The van der Waals surface area contributed by atoms with Gasteiger partial charge in [-0.1, -0.05) is 18.2 Å². The maximum absolute atomic E-state index is 12.8. The van der Waals surface area contributed by atoms with E-state index >= 15 is 0 Å². The van der Waals surface area contributed by atoms with E-state index in [9.17, 15) is 13.5 Å². The third-order valence-electron chi connectivity index (χ3n) is 5.13. The minimum Gasteiger partial charge on any atom is -0.497 e. The van der Waals surface area contributed by atoms with Crippen LogP contribution in [0.1, 0.15) is 17.2 Å². The Morgan fingerprint density at radius 1 is 1.23 bits per heavy atom. The third kappa shape index (κ3) is 2.51. The first-order chi connectivity index (χ1) is 12.4. The Labute approximate surface area is 152 Å². The Morgan fingerprint density at radius 3 is 2.77 bits per heavy atom. The normalized spacial score (nSPS) is 22.3. The number of likely N-dealkylation sites (N-methyl/N-ethyl adjacent to an activating group) is 1. The number of ether oxygens (including phenoxy) is 1. The first-order valence-corrected chi connectivity index (χ1v) is 9.76. The van der Waals surface area contributed by atoms with Gasteiger partial charge in [-0.25, -0.2) is 8.42 Å². The Bertz CT molecular complexity index is 1070. The molecule has 136 valence electrons. The number of aromatic amines is 1. The highest BCUT2D eigenvalue weighted by molar-refractivity contribution is 7.89. The molecule has 1 aliphatic heterocycles. The van der Waals surface area contributed by atoms with Crippen LogP contribution in [0.25, 0.3) is 10.9 Å². The van der Waals surface area contributed by atoms with Crippen LogP contribution in [0.4, 0.5) is 0 Å². The van der Waals surface area contributed by atoms with Crippen molar-refractivity contribution in [1.29, 1.82) is 0 Å². The monoisotopic (exact) mass is 372 g/mol. The van der Waals surface area contributed by atoms with Crippen LogP contribution in [0.5, 0.6) is 5.75 Å². The molecule has 0 radical (unpaired) electrons. The summed E-state index contributed by atoms with van der Waals surface area (Å²) in [5.41, 5.74) is 2.32. The lowest BCUT2D eigenvalue weighted by atomic mass is 9.95. The van der Waals surface area contributed by atoms with Crippen molar-refractivity contribution in [2.24, 2.45) is 0 Å². The molecule has 0 saturated heterocycles. The summed E-state index contributed by atoms with van der Waals surface area (Å²) in [7, 11) is -0.490. The van der Waals surface area contributed by atoms with Gasteiger partial charge in [-0.2, -0.15) is 4.31 Å². The number of hydrogen-bond donors (Lipinski definition) is 2. The number of aliphatic hydroxyl groups is 1. The van der Waals surface area contributed by atoms with Crippen molar-refractivity contribution in [3.63, 3.8) is 0 Å². The summed E-state index contributed by atoms with van der Waals surface area (Å²) >= 11 is 0. The lowest BCUT2D eigenvalue weighted by Crippen LogP contribution is -2.46. The SMILES string of the molecule is COc1ccc2c(C[C@H]3[C@@H](O)c4ccccc4S(=O)(=O)N3C)c[nH]c2c1. The molecule has 2 N–H and O–H groups in total. The lowest BCUT2D eigenvalue weighted by molar-refractivity contribution is 0.0893. The smallest absolute Gasteiger partial charge is 0.243 e. The molecule has 1 aromatic heterocycles. The van der Waals surface area contributed by atoms with Gasteiger partial charge in [0.2, 0.25) is 10.0 Å². The molecule has 0 bridgehead atoms. The molecule has 1 aliphatic rings. The van der Waals surface area contributed by atoms with Crippen molar-refractivity contribution < 1.29 is 18.3 Å². The van der Waals surface area contributed by atoms with Gasteiger partial charge in [-0.3, -0.25) is 0 Å². The highest BCUT2D eigenvalue weighted by Crippen LogP contribution is 2.37. The molecule has 4 rings (SSSR count). The highest BCUT2D eigenvalue weighted by Gasteiger charge is 2.41. The predicted octanol–water partition coefficient (Wildman–Crippen LogP) is 2.46. The Morgan fingerprint density at radius 2 is 2.00 bits per heavy atom. The van der Waals surface area contributed by atoms with E-state index in [4.69, 9.17) is 4.74 Å². The number of rotatable bonds is 3. The number of aliphatic hydroxyl groups excluding tert-OH is 1. The summed E-state index contributed by atoms with van der Waals surface area (Å²) in [6.07, 6.45) is 1.37. The van der Waals surface area contributed by atoms with Crippen LogP contribution in [0.15, 0.2) is 53.6 Å². The van der Waals surface area contributed by atoms with Crippen LogP contribution in [-0.2, 0) is 16.4 Å². The second kappa shape index (κ2) is 6.12. The molecular formula is C19H20N2O4S. The van der Waals surface area contributed by atoms with Crippen LogP contribution in [-0.4, -0.2) is 43.0 Å². The number of H-pyrrole nitrogens is 1. The fourth-order valence-electron chi connectivity index (χ4n) is 3.63. The van der Waals surface area contributed by atoms with Gasteiger partial charge in [0.15, 0.2) is 0 Å². The van der Waals surface area contributed by atoms with E-state index in [1.54, 1.807) is 31.4 Å². The molecule has 7 heteroatoms. The molecule has 2 atom stereocenters. The Balaban J connectivity index is 1.75. The van der Waals surface area contributed by atoms with E-state index in [0.29, 0.717) is 12.0 Å². The zero-order valence-electron chi connectivity index (χ0n) is 14.5. The number of nitrogens with zero attached hydrogens (tertiary/aromatic N) is 1. The molecule has 0 unspecified atom stereocenters. The van der Waals surface area contributed by atoms with Gasteiger partial charge in [-0.05, 0) is 30.2 Å². The minimum atomic E-state index is -3.63. The van der Waals surface area contributed by atoms with E-state index in [1.165, 1.54) is 11.4 Å². The molecule has 6 nitrogen and oxygen atoms in total. The second-order valence-electron chi connectivity index (χ2n) is 6.50. The zero-order valence-corrected chi connectivity index (χ0v) is 15.3. The molecule has 0 fully saturated rings. The van der Waals surface area contributed by atoms with Crippen molar-refractivity contribution in [1.82, 2.24) is 9.29 Å². The number of sulfonamides is 1. The van der Waals surface area contributed by atoms with Gasteiger partial charge < -0.3 is 14.8 Å². The molecule has 0 saturated carbocycles. The predicted molar refractivity (Wildman–Crippen MR) is 98.7 cm³/mol. The van der Waals surface area contributed by atoms with Crippen molar-refractivity contribution in [3.8, 4) is 5.75 Å². The molecule has 0 aliphatic carbocycles. The van der Waals surface area contributed by atoms with Crippen LogP contribution in [0.2, 0.25) is 0 Å². The van der Waals surface area contributed by atoms with Crippen molar-refractivity contribution in [2.75, 3.05) is 14.2 Å². The number of benzene rings is 2. The van der Waals surface area contributed by atoms with E-state index in [1.807, 2.05) is 24.4 Å². The average molecular weight is 372 g/mol. The number of methoxy groups -OCH3 is 1. The summed E-state index contributed by atoms with van der Waals surface area (Å²) in [6, 6.07) is 11.8. The fraction of sp³-hybridized carbons (Fsp3) is 0.263. The highest BCUT2D eigenvalue weighted by atomic mass is 32.2. The van der Waals surface area contributed by atoms with E-state index in [2.05, 4.69) is 4.98 Å². The maximum Gasteiger partial charge on any atom is 0.243 e. The molecule has 0 spiro atoms. The first kappa shape index (κ1) is 17.1. The Kier molecular flexibility index (Phi) is 4.02. The minimum absolute atomic E-state index is 0.176. The second-order valence-corrected chi connectivity index (χ2v) is 8.47. The van der Waals surface area contributed by atoms with Gasteiger partial charge in [0.05, 0.1) is 24.2 Å². The van der Waals surface area contributed by atoms with Gasteiger partial charge in [0, 0.05) is 35.8 Å². The van der Waals surface area contributed by atoms with Crippen LogP contribution < -0.4 is 4.74 Å². The van der Waals surface area contributed by atoms with Gasteiger partial charge in [-0.15, -0.1) is 0 Å². The number of nitrogens with one attached hydrogen (secondary N) is 1. The standard InChI is InChI=1S/C19H20N2O4S/c1-21-17(19(22)15-5-3-4-6-18(15)26(21,23)24)9-12-11-20-16-10-13(25-2)7-8-14(12)16/h3-8,10-11,17,19-20,22H,9H2,1-2H3/t17-,19-/m0/s1. The van der Waals surface area contributed by atoms with Gasteiger partial charge >= 0.3 is 0 Å². The van der Waals surface area contributed by atoms with Crippen LogP contribution >= 0.6 is 0 Å². The van der Waals surface area contributed by atoms with Crippen molar-refractivity contribution in [3.05, 3.63) is 59.8 Å². The maximum atomic E-state index is 12.8. The fourth-order valence-corrected chi connectivity index (χ4v) is 5.22. The summed E-state index contributed by atoms with van der Waals surface area (Å²) in [6.45, 7) is 0. The van der Waals surface area contributed by atoms with Crippen molar-refractivity contribution >= 4 is 20.9 Å². The largest absolute Gasteiger partial charge is 0.497 e. The molecule has 0 amide bonds.